The van der Waals surface area contributed by atoms with Crippen LogP contribution in [0.1, 0.15) is 88.0 Å². The summed E-state index contributed by atoms with van der Waals surface area (Å²) in [6.07, 6.45) is 1.92. The van der Waals surface area contributed by atoms with Crippen molar-refractivity contribution in [3.05, 3.63) is 87.6 Å². The summed E-state index contributed by atoms with van der Waals surface area (Å²) in [5.41, 5.74) is 0.00484. The minimum absolute atomic E-state index is 0.0694. The van der Waals surface area contributed by atoms with Crippen molar-refractivity contribution < 1.29 is 28.2 Å². The molecule has 2 amide bonds. The van der Waals surface area contributed by atoms with Crippen LogP contribution < -0.4 is 15.6 Å². The highest BCUT2D eigenvalue weighted by atomic mass is 19.1. The molecule has 4 rings (SSSR count). The van der Waals surface area contributed by atoms with E-state index in [4.69, 9.17) is 9.47 Å². The van der Waals surface area contributed by atoms with Gasteiger partial charge in [0.05, 0.1) is 17.2 Å². The molecule has 3 atom stereocenters. The van der Waals surface area contributed by atoms with Crippen LogP contribution in [0.2, 0.25) is 0 Å². The van der Waals surface area contributed by atoms with Crippen molar-refractivity contribution >= 4 is 17.8 Å². The van der Waals surface area contributed by atoms with Crippen LogP contribution >= 0.6 is 0 Å². The fourth-order valence-electron chi connectivity index (χ4n) is 6.72. The van der Waals surface area contributed by atoms with Crippen molar-refractivity contribution in [2.75, 3.05) is 26.2 Å². The average molecular weight is 678 g/mol. The SMILES string of the molecule is CCN(CC)CCOC(=O)C(CC)(CC)[C@H]1CC[C@@H](c2cccc(F)c2)N1C(=O)[C@@H](C)NC(=O)c1ccc(Oc2cc(C)n[nH]c2=O)cc1. The first-order valence-corrected chi connectivity index (χ1v) is 17.1. The van der Waals surface area contributed by atoms with E-state index in [1.807, 2.05) is 13.8 Å². The van der Waals surface area contributed by atoms with Crippen LogP contribution in [0.5, 0.6) is 11.5 Å². The van der Waals surface area contributed by atoms with Crippen molar-refractivity contribution in [2.45, 2.75) is 85.4 Å². The number of hydrogen-bond acceptors (Lipinski definition) is 8. The first kappa shape index (κ1) is 37.2. The second-order valence-corrected chi connectivity index (χ2v) is 12.5. The second kappa shape index (κ2) is 16.7. The number of halogens is 1. The molecule has 1 saturated heterocycles. The third kappa shape index (κ3) is 8.54. The first-order valence-electron chi connectivity index (χ1n) is 17.1. The monoisotopic (exact) mass is 677 g/mol. The lowest BCUT2D eigenvalue weighted by molar-refractivity contribution is -0.164. The Morgan fingerprint density at radius 3 is 2.39 bits per heavy atom. The number of esters is 1. The number of aryl methyl sites for hydroxylation is 1. The number of aromatic nitrogens is 2. The Bertz CT molecular complexity index is 1650. The maximum absolute atomic E-state index is 14.4. The molecule has 2 N–H and O–H groups in total. The summed E-state index contributed by atoms with van der Waals surface area (Å²) in [6.45, 7) is 13.8. The van der Waals surface area contributed by atoms with Gasteiger partial charge in [-0.05, 0) is 94.6 Å². The lowest BCUT2D eigenvalue weighted by Gasteiger charge is -2.43. The van der Waals surface area contributed by atoms with Gasteiger partial charge in [-0.25, -0.2) is 9.49 Å². The number of amides is 2. The number of H-pyrrole nitrogens is 1. The highest BCUT2D eigenvalue weighted by Crippen LogP contribution is 2.47. The number of benzene rings is 2. The lowest BCUT2D eigenvalue weighted by Crippen LogP contribution is -2.56. The van der Waals surface area contributed by atoms with Crippen molar-refractivity contribution in [1.29, 1.82) is 0 Å². The minimum Gasteiger partial charge on any atom is -0.464 e. The van der Waals surface area contributed by atoms with Gasteiger partial charge in [0.2, 0.25) is 5.91 Å². The number of hydrogen-bond donors (Lipinski definition) is 2. The number of carbonyl (C=O) groups excluding carboxylic acids is 3. The van der Waals surface area contributed by atoms with Gasteiger partial charge in [-0.2, -0.15) is 5.10 Å². The van der Waals surface area contributed by atoms with Crippen LogP contribution in [-0.4, -0.2) is 76.1 Å². The van der Waals surface area contributed by atoms with E-state index in [9.17, 15) is 23.6 Å². The Labute approximate surface area is 287 Å². The summed E-state index contributed by atoms with van der Waals surface area (Å²) in [5.74, 6) is -1.22. The molecule has 1 aliphatic rings. The summed E-state index contributed by atoms with van der Waals surface area (Å²) in [5, 5.41) is 9.00. The molecular formula is C37H48FN5O6. The number of nitrogens with zero attached hydrogens (tertiary/aromatic N) is 3. The number of likely N-dealkylation sites (N-methyl/N-ethyl adjacent to an activating group) is 1. The Morgan fingerprint density at radius 1 is 1.06 bits per heavy atom. The van der Waals surface area contributed by atoms with Gasteiger partial charge in [0.1, 0.15) is 24.2 Å². The van der Waals surface area contributed by atoms with E-state index in [1.165, 1.54) is 30.3 Å². The highest BCUT2D eigenvalue weighted by Gasteiger charge is 2.53. The number of aromatic amines is 1. The quantitative estimate of drug-likeness (QED) is 0.200. The van der Waals surface area contributed by atoms with Gasteiger partial charge in [-0.3, -0.25) is 19.2 Å². The van der Waals surface area contributed by atoms with E-state index in [2.05, 4.69) is 34.3 Å². The molecule has 0 aliphatic carbocycles. The zero-order chi connectivity index (χ0) is 35.7. The van der Waals surface area contributed by atoms with E-state index in [0.717, 1.165) is 13.1 Å². The minimum atomic E-state index is -0.990. The molecule has 1 aliphatic heterocycles. The molecule has 2 aromatic carbocycles. The fraction of sp³-hybridized carbons (Fsp3) is 0.486. The fourth-order valence-corrected chi connectivity index (χ4v) is 6.72. The Kier molecular flexibility index (Phi) is 12.7. The Balaban J connectivity index is 1.56. The van der Waals surface area contributed by atoms with Gasteiger partial charge in [0, 0.05) is 24.2 Å². The normalized spacial score (nSPS) is 16.8. The third-order valence-electron chi connectivity index (χ3n) is 9.67. The van der Waals surface area contributed by atoms with Crippen LogP contribution in [0.3, 0.4) is 0 Å². The number of rotatable bonds is 15. The molecule has 0 radical (unpaired) electrons. The van der Waals surface area contributed by atoms with Crippen molar-refractivity contribution in [3.63, 3.8) is 0 Å². The summed E-state index contributed by atoms with van der Waals surface area (Å²) in [6, 6.07) is 11.9. The standard InChI is InChI=1S/C37H48FN5O6/c1-7-37(8-2,36(47)48-21-20-42(9-3)10-4)32-19-18-30(27-12-11-13-28(38)23-27)43(32)35(46)25(6)39-33(44)26-14-16-29(17-15-26)49-31-22-24(5)40-41-34(31)45/h11-17,22-23,25,30,32H,7-10,18-21H2,1-6H3,(H,39,44)(H,41,45)/t25-,30+,32-/m1/s1. The van der Waals surface area contributed by atoms with Crippen LogP contribution in [0.4, 0.5) is 4.39 Å². The van der Waals surface area contributed by atoms with Crippen molar-refractivity contribution in [2.24, 2.45) is 5.41 Å². The first-order chi connectivity index (χ1) is 23.5. The number of nitrogens with one attached hydrogen (secondary N) is 2. The summed E-state index contributed by atoms with van der Waals surface area (Å²) in [7, 11) is 0. The predicted molar refractivity (Wildman–Crippen MR) is 184 cm³/mol. The molecule has 0 bridgehead atoms. The molecule has 1 aromatic heterocycles. The molecule has 0 unspecified atom stereocenters. The predicted octanol–water partition coefficient (Wildman–Crippen LogP) is 5.55. The van der Waals surface area contributed by atoms with Crippen molar-refractivity contribution in [3.8, 4) is 11.5 Å². The summed E-state index contributed by atoms with van der Waals surface area (Å²) < 4.78 is 26.0. The summed E-state index contributed by atoms with van der Waals surface area (Å²) in [4.78, 5) is 57.5. The zero-order valence-electron chi connectivity index (χ0n) is 29.3. The molecule has 0 saturated carbocycles. The van der Waals surface area contributed by atoms with E-state index in [-0.39, 0.29) is 29.8 Å². The Hall–Kier alpha value is -4.58. The molecule has 1 fully saturated rings. The van der Waals surface area contributed by atoms with Gasteiger partial charge < -0.3 is 24.6 Å². The van der Waals surface area contributed by atoms with Crippen LogP contribution in [0.25, 0.3) is 0 Å². The molecule has 3 aromatic rings. The molecule has 2 heterocycles. The summed E-state index contributed by atoms with van der Waals surface area (Å²) >= 11 is 0. The van der Waals surface area contributed by atoms with E-state index >= 15 is 0 Å². The maximum Gasteiger partial charge on any atom is 0.314 e. The van der Waals surface area contributed by atoms with Gasteiger partial charge >= 0.3 is 11.5 Å². The topological polar surface area (TPSA) is 134 Å². The van der Waals surface area contributed by atoms with Gasteiger partial charge in [0.15, 0.2) is 5.75 Å². The molecule has 11 nitrogen and oxygen atoms in total. The molecular weight excluding hydrogens is 629 g/mol. The van der Waals surface area contributed by atoms with E-state index < -0.39 is 40.8 Å². The number of likely N-dealkylation sites (tertiary alicyclic amines) is 1. The Morgan fingerprint density at radius 2 is 1.76 bits per heavy atom. The number of ether oxygens (including phenoxy) is 2. The molecule has 0 spiro atoms. The van der Waals surface area contributed by atoms with Gasteiger partial charge in [-0.15, -0.1) is 0 Å². The zero-order valence-corrected chi connectivity index (χ0v) is 29.3. The van der Waals surface area contributed by atoms with Crippen LogP contribution in [0.15, 0.2) is 59.4 Å². The average Bonchev–Trinajstić information content (AvgIpc) is 3.54. The molecule has 264 valence electrons. The molecule has 49 heavy (non-hydrogen) atoms. The van der Waals surface area contributed by atoms with Crippen LogP contribution in [0, 0.1) is 18.2 Å². The van der Waals surface area contributed by atoms with Gasteiger partial charge in [-0.1, -0.05) is 39.8 Å². The lowest BCUT2D eigenvalue weighted by atomic mass is 9.74. The molecule has 12 heteroatoms. The highest BCUT2D eigenvalue weighted by molar-refractivity contribution is 5.97. The second-order valence-electron chi connectivity index (χ2n) is 12.5. The van der Waals surface area contributed by atoms with Crippen molar-refractivity contribution in [1.82, 2.24) is 25.3 Å². The van der Waals surface area contributed by atoms with Gasteiger partial charge in [0.25, 0.3) is 5.91 Å². The smallest absolute Gasteiger partial charge is 0.314 e. The van der Waals surface area contributed by atoms with Crippen LogP contribution in [-0.2, 0) is 14.3 Å². The number of carbonyl (C=O) groups is 3. The van der Waals surface area contributed by atoms with E-state index in [0.29, 0.717) is 49.2 Å². The van der Waals surface area contributed by atoms with E-state index in [1.54, 1.807) is 43.0 Å². The largest absolute Gasteiger partial charge is 0.464 e. The third-order valence-corrected chi connectivity index (χ3v) is 9.67. The maximum atomic E-state index is 14.4.